The van der Waals surface area contributed by atoms with E-state index >= 15 is 0 Å². The highest BCUT2D eigenvalue weighted by Crippen LogP contribution is 2.42. The number of allylic oxidation sites excluding steroid dienone is 2. The largest absolute Gasteiger partial charge is 0.445 e. The fourth-order valence-corrected chi connectivity index (χ4v) is 2.17. The van der Waals surface area contributed by atoms with Crippen LogP contribution in [-0.4, -0.2) is 12.4 Å². The Morgan fingerprint density at radius 2 is 1.12 bits per heavy atom. The van der Waals surface area contributed by atoms with Gasteiger partial charge >= 0.3 is 12.4 Å². The lowest BCUT2D eigenvalue weighted by Gasteiger charge is -2.14. The number of hydrogen-bond donors (Lipinski definition) is 0. The first-order valence-electron chi connectivity index (χ1n) is 6.63. The molecule has 0 nitrogen and oxygen atoms in total. The normalized spacial score (nSPS) is 15.0. The van der Waals surface area contributed by atoms with Crippen LogP contribution in [-0.2, 0) is 0 Å². The first kappa shape index (κ1) is 19.8. The van der Waals surface area contributed by atoms with Crippen LogP contribution in [0.2, 0.25) is 0 Å². The molecule has 0 aliphatic carbocycles. The molecule has 2 aromatic rings. The Hall–Kier alpha value is -2.52. The van der Waals surface area contributed by atoms with Gasteiger partial charge in [-0.25, -0.2) is 8.78 Å². The summed E-state index contributed by atoms with van der Waals surface area (Å²) >= 11 is 0. The maximum Gasteiger partial charge on any atom is 0.445 e. The first-order chi connectivity index (χ1) is 11.9. The van der Waals surface area contributed by atoms with E-state index in [1.165, 1.54) is 12.1 Å². The number of rotatable bonds is 2. The molecule has 2 aromatic carbocycles. The van der Waals surface area contributed by atoms with Gasteiger partial charge in [-0.15, -0.1) is 0 Å². The zero-order valence-electron chi connectivity index (χ0n) is 12.2. The quantitative estimate of drug-likeness (QED) is 0.478. The molecule has 0 saturated carbocycles. The molecule has 10 heteroatoms. The Morgan fingerprint density at radius 3 is 1.65 bits per heavy atom. The highest BCUT2D eigenvalue weighted by Gasteiger charge is 2.41. The molecule has 0 radical (unpaired) electrons. The van der Waals surface area contributed by atoms with E-state index in [9.17, 15) is 43.9 Å². The fraction of sp³-hybridized carbons (Fsp3) is 0.125. The summed E-state index contributed by atoms with van der Waals surface area (Å²) in [6.45, 7) is 0. The summed E-state index contributed by atoms with van der Waals surface area (Å²) in [5.74, 6) is -11.9. The average Bonchev–Trinajstić information content (AvgIpc) is 2.56. The Bertz CT molecular complexity index is 899. The van der Waals surface area contributed by atoms with E-state index in [0.29, 0.717) is 6.07 Å². The summed E-state index contributed by atoms with van der Waals surface area (Å²) in [6, 6.07) is 5.99. The molecule has 0 N–H and O–H groups in total. The zero-order chi connectivity index (χ0) is 19.9. The smallest absolute Gasteiger partial charge is 0.203 e. The number of alkyl halides is 6. The van der Waals surface area contributed by atoms with Gasteiger partial charge < -0.3 is 0 Å². The maximum atomic E-state index is 14.1. The van der Waals surface area contributed by atoms with E-state index in [-0.39, 0.29) is 5.39 Å². The van der Waals surface area contributed by atoms with Gasteiger partial charge in [0.1, 0.15) is 0 Å². The number of benzene rings is 2. The third-order valence-electron chi connectivity index (χ3n) is 3.27. The lowest BCUT2D eigenvalue weighted by atomic mass is 9.96. The van der Waals surface area contributed by atoms with Gasteiger partial charge in [0, 0.05) is 11.1 Å². The summed E-state index contributed by atoms with van der Waals surface area (Å²) in [5, 5.41) is -0.566. The number of hydrogen-bond acceptors (Lipinski definition) is 0. The lowest BCUT2D eigenvalue weighted by molar-refractivity contribution is -0.109. The summed E-state index contributed by atoms with van der Waals surface area (Å²) < 4.78 is 129. The fourth-order valence-electron chi connectivity index (χ4n) is 2.17. The molecule has 2 rings (SSSR count). The molecule has 0 fully saturated rings. The van der Waals surface area contributed by atoms with Crippen molar-refractivity contribution >= 4 is 22.4 Å². The topological polar surface area (TPSA) is 0 Å². The molecule has 0 saturated heterocycles. The van der Waals surface area contributed by atoms with Crippen LogP contribution in [0.15, 0.2) is 48.1 Å². The van der Waals surface area contributed by atoms with Gasteiger partial charge in [0.2, 0.25) is 11.7 Å². The average molecular weight is 388 g/mol. The standard InChI is InChI=1S/C16H6F10/c17-11(13(19)15(21,22)23)9-6-5-7-3-1-2-4-8(7)10(9)12(18)14(20)16(24,25)26/h1-6H/b13-11-,14-12-. The van der Waals surface area contributed by atoms with Crippen molar-refractivity contribution in [2.75, 3.05) is 0 Å². The van der Waals surface area contributed by atoms with E-state index in [4.69, 9.17) is 0 Å². The minimum atomic E-state index is -5.82. The van der Waals surface area contributed by atoms with Crippen molar-refractivity contribution in [1.82, 2.24) is 0 Å². The van der Waals surface area contributed by atoms with Gasteiger partial charge in [0.25, 0.3) is 0 Å². The van der Waals surface area contributed by atoms with Crippen molar-refractivity contribution in [3.05, 3.63) is 59.2 Å². The molecular weight excluding hydrogens is 382 g/mol. The molecule has 0 amide bonds. The van der Waals surface area contributed by atoms with Crippen LogP contribution < -0.4 is 0 Å². The highest BCUT2D eigenvalue weighted by molar-refractivity contribution is 5.97. The van der Waals surface area contributed by atoms with Crippen LogP contribution in [0.25, 0.3) is 22.4 Å². The first-order valence-corrected chi connectivity index (χ1v) is 6.63. The van der Waals surface area contributed by atoms with Crippen LogP contribution in [0.5, 0.6) is 0 Å². The van der Waals surface area contributed by atoms with Gasteiger partial charge in [-0.2, -0.15) is 35.1 Å². The Labute approximate surface area is 139 Å². The predicted molar refractivity (Wildman–Crippen MR) is 74.3 cm³/mol. The van der Waals surface area contributed by atoms with Gasteiger partial charge in [-0.1, -0.05) is 36.4 Å². The lowest BCUT2D eigenvalue weighted by Crippen LogP contribution is -2.11. The van der Waals surface area contributed by atoms with E-state index in [1.807, 2.05) is 0 Å². The Balaban J connectivity index is 2.95. The van der Waals surface area contributed by atoms with Gasteiger partial charge in [0.05, 0.1) is 0 Å². The summed E-state index contributed by atoms with van der Waals surface area (Å²) in [6.07, 6.45) is -11.6. The van der Waals surface area contributed by atoms with Crippen LogP contribution in [0, 0.1) is 0 Å². The molecule has 0 heterocycles. The van der Waals surface area contributed by atoms with Crippen molar-refractivity contribution < 1.29 is 43.9 Å². The van der Waals surface area contributed by atoms with Crippen molar-refractivity contribution in [3.8, 4) is 0 Å². The van der Waals surface area contributed by atoms with Crippen molar-refractivity contribution in [2.24, 2.45) is 0 Å². The molecule has 0 spiro atoms. The maximum absolute atomic E-state index is 14.1. The van der Waals surface area contributed by atoms with Crippen molar-refractivity contribution in [1.29, 1.82) is 0 Å². The van der Waals surface area contributed by atoms with Gasteiger partial charge in [-0.05, 0) is 10.8 Å². The van der Waals surface area contributed by atoms with E-state index < -0.39 is 52.2 Å². The molecule has 0 aliphatic heterocycles. The SMILES string of the molecule is F/C(=C(\F)C(F)(F)F)c1ccc2ccccc2c1/C(F)=C(/F)C(F)(F)F. The second-order valence-electron chi connectivity index (χ2n) is 4.96. The molecular formula is C16H6F10. The van der Waals surface area contributed by atoms with Crippen LogP contribution in [0.1, 0.15) is 11.1 Å². The minimum Gasteiger partial charge on any atom is -0.203 e. The number of halogens is 10. The van der Waals surface area contributed by atoms with Crippen molar-refractivity contribution in [2.45, 2.75) is 12.4 Å². The highest BCUT2D eigenvalue weighted by atomic mass is 19.4. The van der Waals surface area contributed by atoms with Crippen LogP contribution >= 0.6 is 0 Å². The third-order valence-corrected chi connectivity index (χ3v) is 3.27. The molecule has 0 atom stereocenters. The van der Waals surface area contributed by atoms with Gasteiger partial charge in [0.15, 0.2) is 11.7 Å². The summed E-state index contributed by atoms with van der Waals surface area (Å²) in [5.41, 5.74) is -2.98. The Morgan fingerprint density at radius 1 is 0.615 bits per heavy atom. The Kier molecular flexibility index (Phi) is 5.07. The molecule has 0 aromatic heterocycles. The second-order valence-corrected chi connectivity index (χ2v) is 4.96. The summed E-state index contributed by atoms with van der Waals surface area (Å²) in [4.78, 5) is 0. The molecule has 0 aliphatic rings. The monoisotopic (exact) mass is 388 g/mol. The van der Waals surface area contributed by atoms with Crippen molar-refractivity contribution in [3.63, 3.8) is 0 Å². The predicted octanol–water partition coefficient (Wildman–Crippen LogP) is 7.18. The van der Waals surface area contributed by atoms with E-state index in [2.05, 4.69) is 0 Å². The van der Waals surface area contributed by atoms with Crippen LogP contribution in [0.3, 0.4) is 0 Å². The third kappa shape index (κ3) is 3.68. The number of fused-ring (bicyclic) bond motifs is 1. The molecule has 0 bridgehead atoms. The van der Waals surface area contributed by atoms with E-state index in [0.717, 1.165) is 18.2 Å². The minimum absolute atomic E-state index is 0.0309. The second kappa shape index (κ2) is 6.65. The van der Waals surface area contributed by atoms with E-state index in [1.54, 1.807) is 0 Å². The molecule has 26 heavy (non-hydrogen) atoms. The molecule has 140 valence electrons. The zero-order valence-corrected chi connectivity index (χ0v) is 12.2. The van der Waals surface area contributed by atoms with Crippen LogP contribution in [0.4, 0.5) is 43.9 Å². The summed E-state index contributed by atoms with van der Waals surface area (Å²) in [7, 11) is 0. The molecule has 0 unspecified atom stereocenters. The van der Waals surface area contributed by atoms with Gasteiger partial charge in [-0.3, -0.25) is 0 Å².